The summed E-state index contributed by atoms with van der Waals surface area (Å²) in [6.45, 7) is 1.87. The second-order valence-electron chi connectivity index (χ2n) is 10.5. The number of likely N-dealkylation sites (tertiary alicyclic amines) is 1. The Balaban J connectivity index is 1.28. The summed E-state index contributed by atoms with van der Waals surface area (Å²) in [6, 6.07) is 15.4. The molecule has 5 rings (SSSR count). The van der Waals surface area contributed by atoms with E-state index in [1.807, 2.05) is 30.3 Å². The molecule has 0 atom stereocenters. The Morgan fingerprint density at radius 3 is 2.30 bits per heavy atom. The minimum absolute atomic E-state index is 0.0366. The smallest absolute Gasteiger partial charge is 0.253 e. The number of amides is 3. The van der Waals surface area contributed by atoms with E-state index in [2.05, 4.69) is 10.2 Å². The minimum Gasteiger partial charge on any atom is -0.354 e. The van der Waals surface area contributed by atoms with Gasteiger partial charge in [-0.2, -0.15) is 0 Å². The van der Waals surface area contributed by atoms with Crippen molar-refractivity contribution < 1.29 is 18.8 Å². The second kappa shape index (κ2) is 10.9. The molecule has 0 bridgehead atoms. The number of piperidine rings is 1. The summed E-state index contributed by atoms with van der Waals surface area (Å²) >= 11 is 0. The molecular formula is C29H35FN4O3. The van der Waals surface area contributed by atoms with Gasteiger partial charge in [-0.1, -0.05) is 37.5 Å². The first kappa shape index (κ1) is 25.2. The number of para-hydroxylation sites is 1. The Hall–Kier alpha value is -3.42. The fourth-order valence-electron chi connectivity index (χ4n) is 6.06. The number of halogens is 1. The van der Waals surface area contributed by atoms with Crippen LogP contribution in [0.4, 0.5) is 10.1 Å². The van der Waals surface area contributed by atoms with Crippen LogP contribution in [-0.4, -0.2) is 65.9 Å². The summed E-state index contributed by atoms with van der Waals surface area (Å²) in [5, 5.41) is 3.06. The third-order valence-electron chi connectivity index (χ3n) is 8.20. The molecule has 8 heteroatoms. The summed E-state index contributed by atoms with van der Waals surface area (Å²) in [5.74, 6) is -0.189. The van der Waals surface area contributed by atoms with Crippen molar-refractivity contribution in [1.82, 2.24) is 15.1 Å². The fraction of sp³-hybridized carbons (Fsp3) is 0.483. The van der Waals surface area contributed by atoms with E-state index < -0.39 is 5.54 Å². The van der Waals surface area contributed by atoms with E-state index in [0.717, 1.165) is 18.5 Å². The number of benzene rings is 2. The number of hydrogen-bond donors (Lipinski definition) is 1. The van der Waals surface area contributed by atoms with Gasteiger partial charge in [-0.25, -0.2) is 4.39 Å². The van der Waals surface area contributed by atoms with Gasteiger partial charge >= 0.3 is 0 Å². The topological polar surface area (TPSA) is 73.0 Å². The zero-order chi connectivity index (χ0) is 25.8. The number of carbonyl (C=O) groups excluding carboxylic acids is 3. The van der Waals surface area contributed by atoms with Gasteiger partial charge in [0.05, 0.1) is 6.67 Å². The highest BCUT2D eigenvalue weighted by Crippen LogP contribution is 2.39. The van der Waals surface area contributed by atoms with Crippen LogP contribution >= 0.6 is 0 Å². The van der Waals surface area contributed by atoms with E-state index in [9.17, 15) is 18.8 Å². The predicted octanol–water partition coefficient (Wildman–Crippen LogP) is 3.80. The lowest BCUT2D eigenvalue weighted by Gasteiger charge is -2.43. The van der Waals surface area contributed by atoms with Crippen LogP contribution in [0, 0.1) is 11.7 Å². The average Bonchev–Trinajstić information content (AvgIpc) is 3.19. The van der Waals surface area contributed by atoms with Gasteiger partial charge < -0.3 is 20.0 Å². The van der Waals surface area contributed by atoms with Crippen LogP contribution in [0.2, 0.25) is 0 Å². The quantitative estimate of drug-likeness (QED) is 0.647. The zero-order valence-electron chi connectivity index (χ0n) is 21.2. The lowest BCUT2D eigenvalue weighted by Crippen LogP contribution is -2.57. The highest BCUT2D eigenvalue weighted by atomic mass is 19.1. The molecule has 2 aliphatic heterocycles. The molecule has 1 aliphatic carbocycles. The molecule has 0 radical (unpaired) electrons. The van der Waals surface area contributed by atoms with Gasteiger partial charge in [0.15, 0.2) is 0 Å². The average molecular weight is 507 g/mol. The molecule has 2 heterocycles. The number of carbonyl (C=O) groups is 3. The van der Waals surface area contributed by atoms with Crippen LogP contribution in [0.15, 0.2) is 54.6 Å². The molecular weight excluding hydrogens is 471 g/mol. The molecule has 2 saturated heterocycles. The molecule has 2 aromatic carbocycles. The highest BCUT2D eigenvalue weighted by molar-refractivity contribution is 5.97. The van der Waals surface area contributed by atoms with Crippen molar-refractivity contribution in [3.63, 3.8) is 0 Å². The van der Waals surface area contributed by atoms with Crippen molar-refractivity contribution in [2.45, 2.75) is 50.5 Å². The minimum atomic E-state index is -0.801. The zero-order valence-corrected chi connectivity index (χ0v) is 21.2. The van der Waals surface area contributed by atoms with E-state index in [1.54, 1.807) is 9.80 Å². The summed E-state index contributed by atoms with van der Waals surface area (Å²) < 4.78 is 13.3. The van der Waals surface area contributed by atoms with E-state index in [-0.39, 0.29) is 30.1 Å². The standard InChI is InChI=1S/C29H35FN4O3/c30-24-13-11-23(12-14-24)27(36)32-17-15-29(16-18-32)28(37)33(21-34(29)25-9-5-2-6-10-25)20-26(35)31-19-22-7-3-1-4-8-22/h2,5-6,9-14,22H,1,3-4,7-8,15-21H2,(H,31,35). The molecule has 7 nitrogen and oxygen atoms in total. The number of nitrogens with zero attached hydrogens (tertiary/aromatic N) is 3. The van der Waals surface area contributed by atoms with Gasteiger partial charge in [-0.15, -0.1) is 0 Å². The van der Waals surface area contributed by atoms with Crippen LogP contribution in [0.3, 0.4) is 0 Å². The van der Waals surface area contributed by atoms with Crippen LogP contribution in [0.1, 0.15) is 55.3 Å². The molecule has 3 fully saturated rings. The third-order valence-corrected chi connectivity index (χ3v) is 8.20. The largest absolute Gasteiger partial charge is 0.354 e. The predicted molar refractivity (Wildman–Crippen MR) is 139 cm³/mol. The van der Waals surface area contributed by atoms with Gasteiger partial charge in [-0.3, -0.25) is 14.4 Å². The van der Waals surface area contributed by atoms with Crippen LogP contribution in [-0.2, 0) is 9.59 Å². The van der Waals surface area contributed by atoms with Crippen LogP contribution in [0.5, 0.6) is 0 Å². The van der Waals surface area contributed by atoms with Crippen molar-refractivity contribution in [3.8, 4) is 0 Å². The van der Waals surface area contributed by atoms with E-state index in [4.69, 9.17) is 0 Å². The van der Waals surface area contributed by atoms with Gasteiger partial charge in [-0.05, 0) is 68.0 Å². The van der Waals surface area contributed by atoms with Crippen molar-refractivity contribution in [2.75, 3.05) is 37.7 Å². The molecule has 37 heavy (non-hydrogen) atoms. The number of nitrogens with one attached hydrogen (secondary N) is 1. The lowest BCUT2D eigenvalue weighted by molar-refractivity contribution is -0.137. The van der Waals surface area contributed by atoms with E-state index >= 15 is 0 Å². The van der Waals surface area contributed by atoms with Gasteiger partial charge in [0.25, 0.3) is 11.8 Å². The van der Waals surface area contributed by atoms with Crippen LogP contribution < -0.4 is 10.2 Å². The maximum Gasteiger partial charge on any atom is 0.253 e. The first-order valence-corrected chi connectivity index (χ1v) is 13.4. The molecule has 3 amide bonds. The number of rotatable bonds is 6. The molecule has 1 spiro atoms. The molecule has 1 N–H and O–H groups in total. The Kier molecular flexibility index (Phi) is 7.44. The van der Waals surface area contributed by atoms with Crippen molar-refractivity contribution in [3.05, 3.63) is 66.0 Å². The highest BCUT2D eigenvalue weighted by Gasteiger charge is 2.54. The van der Waals surface area contributed by atoms with Crippen molar-refractivity contribution in [2.24, 2.45) is 5.92 Å². The van der Waals surface area contributed by atoms with Gasteiger partial charge in [0, 0.05) is 30.9 Å². The van der Waals surface area contributed by atoms with E-state index in [0.29, 0.717) is 50.6 Å². The first-order valence-electron chi connectivity index (χ1n) is 13.4. The summed E-state index contributed by atoms with van der Waals surface area (Å²) in [7, 11) is 0. The Morgan fingerprint density at radius 2 is 1.62 bits per heavy atom. The SMILES string of the molecule is O=C(CN1CN(c2ccccc2)C2(CCN(C(=O)c3ccc(F)cc3)CC2)C1=O)NCC1CCCCC1. The lowest BCUT2D eigenvalue weighted by atomic mass is 9.85. The summed E-state index contributed by atoms with van der Waals surface area (Å²) in [4.78, 5) is 45.2. The van der Waals surface area contributed by atoms with Crippen molar-refractivity contribution in [1.29, 1.82) is 0 Å². The van der Waals surface area contributed by atoms with Gasteiger partial charge in [0.2, 0.25) is 5.91 Å². The summed E-state index contributed by atoms with van der Waals surface area (Å²) in [6.07, 6.45) is 6.96. The molecule has 0 aromatic heterocycles. The second-order valence-corrected chi connectivity index (χ2v) is 10.5. The number of hydrogen-bond acceptors (Lipinski definition) is 4. The summed E-state index contributed by atoms with van der Waals surface area (Å²) in [5.41, 5.74) is 0.565. The number of anilines is 1. The van der Waals surface area contributed by atoms with Crippen LogP contribution in [0.25, 0.3) is 0 Å². The molecule has 3 aliphatic rings. The Bertz CT molecular complexity index is 1110. The molecule has 0 unspecified atom stereocenters. The third kappa shape index (κ3) is 5.33. The van der Waals surface area contributed by atoms with E-state index in [1.165, 1.54) is 43.5 Å². The maximum atomic E-state index is 13.9. The fourth-order valence-corrected chi connectivity index (χ4v) is 6.06. The normalized spacial score (nSPS) is 19.9. The molecule has 196 valence electrons. The molecule has 1 saturated carbocycles. The monoisotopic (exact) mass is 506 g/mol. The first-order chi connectivity index (χ1) is 18.0. The van der Waals surface area contributed by atoms with Crippen molar-refractivity contribution >= 4 is 23.4 Å². The Labute approximate surface area is 217 Å². The van der Waals surface area contributed by atoms with Gasteiger partial charge in [0.1, 0.15) is 17.9 Å². The maximum absolute atomic E-state index is 13.9. The molecule has 2 aromatic rings. The Morgan fingerprint density at radius 1 is 0.946 bits per heavy atom.